The van der Waals surface area contributed by atoms with Crippen LogP contribution in [0, 0.1) is 5.41 Å². The molecule has 4 N–H and O–H groups in total. The summed E-state index contributed by atoms with van der Waals surface area (Å²) in [5, 5.41) is 20.7. The molecule has 0 aromatic heterocycles. The summed E-state index contributed by atoms with van der Waals surface area (Å²) in [5.74, 6) is -0.923. The van der Waals surface area contributed by atoms with Crippen LogP contribution in [-0.2, 0) is 19.3 Å². The molecule has 3 atom stereocenters. The van der Waals surface area contributed by atoms with Gasteiger partial charge in [0, 0.05) is 11.5 Å². The SMILES string of the molecule is C[C@@H](N)c1ccccc1.O=C(O)c1ccc(C[C@@]2(C3=Cc4ccccc4C3)Cc3ccccc3[C@@H]2O)cc1. The molecule has 2 aliphatic carbocycles. The molecule has 0 bridgehead atoms. The quantitative estimate of drug-likeness (QED) is 0.288. The van der Waals surface area contributed by atoms with Gasteiger partial charge in [0.1, 0.15) is 0 Å². The topological polar surface area (TPSA) is 83.6 Å². The first kappa shape index (κ1) is 25.7. The second-order valence-electron chi connectivity index (χ2n) is 10.4. The molecule has 4 nitrogen and oxygen atoms in total. The highest BCUT2D eigenvalue weighted by atomic mass is 16.4. The van der Waals surface area contributed by atoms with E-state index in [0.717, 1.165) is 24.0 Å². The lowest BCUT2D eigenvalue weighted by Gasteiger charge is -2.35. The van der Waals surface area contributed by atoms with Crippen molar-refractivity contribution in [2.24, 2.45) is 11.1 Å². The van der Waals surface area contributed by atoms with Crippen molar-refractivity contribution in [3.63, 3.8) is 0 Å². The van der Waals surface area contributed by atoms with Gasteiger partial charge >= 0.3 is 5.97 Å². The van der Waals surface area contributed by atoms with Crippen LogP contribution in [0.15, 0.2) is 109 Å². The van der Waals surface area contributed by atoms with Crippen LogP contribution in [0.1, 0.15) is 62.8 Å². The number of hydrogen-bond acceptors (Lipinski definition) is 3. The summed E-state index contributed by atoms with van der Waals surface area (Å²) in [6, 6.07) is 33.8. The first-order chi connectivity index (χ1) is 18.4. The van der Waals surface area contributed by atoms with Crippen molar-refractivity contribution >= 4 is 12.0 Å². The maximum Gasteiger partial charge on any atom is 0.335 e. The Morgan fingerprint density at radius 1 is 0.895 bits per heavy atom. The number of benzene rings is 4. The Hall–Kier alpha value is -3.99. The van der Waals surface area contributed by atoms with E-state index in [1.807, 2.05) is 67.6 Å². The van der Waals surface area contributed by atoms with E-state index in [0.29, 0.717) is 6.42 Å². The molecule has 0 spiro atoms. The van der Waals surface area contributed by atoms with Crippen LogP contribution in [0.25, 0.3) is 6.08 Å². The summed E-state index contributed by atoms with van der Waals surface area (Å²) in [6.07, 6.45) is 3.95. The number of aromatic carboxylic acids is 1. The van der Waals surface area contributed by atoms with Gasteiger partial charge in [-0.1, -0.05) is 103 Å². The van der Waals surface area contributed by atoms with Gasteiger partial charge < -0.3 is 15.9 Å². The van der Waals surface area contributed by atoms with Gasteiger partial charge in [-0.15, -0.1) is 0 Å². The molecule has 0 amide bonds. The Morgan fingerprint density at radius 2 is 1.53 bits per heavy atom. The third-order valence-electron chi connectivity index (χ3n) is 7.83. The maximum atomic E-state index is 11.5. The van der Waals surface area contributed by atoms with Gasteiger partial charge in [0.05, 0.1) is 11.7 Å². The number of carboxylic acid groups (broad SMARTS) is 1. The van der Waals surface area contributed by atoms with E-state index in [1.54, 1.807) is 12.1 Å². The Balaban J connectivity index is 0.000000278. The second kappa shape index (κ2) is 10.8. The predicted octanol–water partition coefficient (Wildman–Crippen LogP) is 6.55. The smallest absolute Gasteiger partial charge is 0.335 e. The van der Waals surface area contributed by atoms with Crippen LogP contribution in [0.5, 0.6) is 0 Å². The molecule has 0 radical (unpaired) electrons. The third kappa shape index (κ3) is 5.06. The maximum absolute atomic E-state index is 11.5. The summed E-state index contributed by atoms with van der Waals surface area (Å²) in [7, 11) is 0. The van der Waals surface area contributed by atoms with Gasteiger partial charge in [0.25, 0.3) is 0 Å². The number of hydrogen-bond donors (Lipinski definition) is 3. The largest absolute Gasteiger partial charge is 0.478 e. The number of carboxylic acids is 1. The van der Waals surface area contributed by atoms with Crippen molar-refractivity contribution in [1.82, 2.24) is 0 Å². The van der Waals surface area contributed by atoms with Gasteiger partial charge in [-0.05, 0) is 71.7 Å². The fourth-order valence-electron chi connectivity index (χ4n) is 5.74. The van der Waals surface area contributed by atoms with Gasteiger partial charge in [-0.25, -0.2) is 4.79 Å². The van der Waals surface area contributed by atoms with Crippen molar-refractivity contribution in [2.75, 3.05) is 0 Å². The van der Waals surface area contributed by atoms with Crippen LogP contribution in [0.3, 0.4) is 0 Å². The van der Waals surface area contributed by atoms with Crippen molar-refractivity contribution in [3.8, 4) is 0 Å². The molecule has 4 aromatic carbocycles. The Morgan fingerprint density at radius 3 is 2.13 bits per heavy atom. The third-order valence-corrected chi connectivity index (χ3v) is 7.83. The molecular weight excluding hydrogens is 470 g/mol. The number of aliphatic hydroxyl groups excluding tert-OH is 1. The highest BCUT2D eigenvalue weighted by Crippen LogP contribution is 2.54. The van der Waals surface area contributed by atoms with Gasteiger partial charge in [0.15, 0.2) is 0 Å². The van der Waals surface area contributed by atoms with E-state index in [1.165, 1.54) is 27.8 Å². The van der Waals surface area contributed by atoms with Crippen LogP contribution in [0.4, 0.5) is 0 Å². The summed E-state index contributed by atoms with van der Waals surface area (Å²) >= 11 is 0. The average Bonchev–Trinajstić information content (AvgIpc) is 3.50. The first-order valence-corrected chi connectivity index (χ1v) is 13.0. The monoisotopic (exact) mass is 503 g/mol. The van der Waals surface area contributed by atoms with Crippen molar-refractivity contribution in [2.45, 2.75) is 38.3 Å². The molecule has 0 unspecified atom stereocenters. The van der Waals surface area contributed by atoms with E-state index in [4.69, 9.17) is 5.73 Å². The van der Waals surface area contributed by atoms with Crippen molar-refractivity contribution in [1.29, 1.82) is 0 Å². The zero-order valence-electron chi connectivity index (χ0n) is 21.5. The number of aliphatic hydroxyl groups is 1. The van der Waals surface area contributed by atoms with E-state index in [-0.39, 0.29) is 11.6 Å². The van der Waals surface area contributed by atoms with Gasteiger partial charge in [-0.3, -0.25) is 0 Å². The molecule has 4 heteroatoms. The fraction of sp³-hybridized carbons (Fsp3) is 0.206. The second-order valence-corrected chi connectivity index (χ2v) is 10.4. The number of carbonyl (C=O) groups is 1. The van der Waals surface area contributed by atoms with Crippen LogP contribution in [0.2, 0.25) is 0 Å². The lowest BCUT2D eigenvalue weighted by molar-refractivity contribution is 0.0649. The normalized spacial score (nSPS) is 20.0. The van der Waals surface area contributed by atoms with Crippen LogP contribution < -0.4 is 5.73 Å². The predicted molar refractivity (Wildman–Crippen MR) is 152 cm³/mol. The summed E-state index contributed by atoms with van der Waals surface area (Å²) in [6.45, 7) is 1.98. The zero-order chi connectivity index (χ0) is 26.7. The molecule has 0 saturated heterocycles. The molecule has 2 aliphatic rings. The number of nitrogens with two attached hydrogens (primary N) is 1. The lowest BCUT2D eigenvalue weighted by atomic mass is 9.70. The lowest BCUT2D eigenvalue weighted by Crippen LogP contribution is -2.31. The van der Waals surface area contributed by atoms with Crippen molar-refractivity contribution in [3.05, 3.63) is 148 Å². The standard InChI is InChI=1S/C26H22O3.C8H11N/c27-24-23-8-4-3-7-21(23)16-26(24,15-17-9-11-18(12-10-17)25(28)29)22-13-19-5-1-2-6-20(19)14-22;1-7(9)8-5-3-2-4-6-8/h1-13,24,27H,14-16H2,(H,28,29);2-7H,9H2,1H3/t24-,26-;7-/m01/s1. The molecule has 4 aromatic rings. The average molecular weight is 504 g/mol. The van der Waals surface area contributed by atoms with E-state index < -0.39 is 17.5 Å². The minimum absolute atomic E-state index is 0.159. The minimum Gasteiger partial charge on any atom is -0.478 e. The molecule has 192 valence electrons. The minimum atomic E-state index is -0.923. The zero-order valence-corrected chi connectivity index (χ0v) is 21.5. The van der Waals surface area contributed by atoms with E-state index in [9.17, 15) is 15.0 Å². The summed E-state index contributed by atoms with van der Waals surface area (Å²) < 4.78 is 0. The molecule has 0 saturated carbocycles. The fourth-order valence-corrected chi connectivity index (χ4v) is 5.74. The van der Waals surface area contributed by atoms with Crippen LogP contribution in [-0.4, -0.2) is 16.2 Å². The molecule has 0 fully saturated rings. The molecule has 0 aliphatic heterocycles. The van der Waals surface area contributed by atoms with E-state index >= 15 is 0 Å². The first-order valence-electron chi connectivity index (χ1n) is 13.0. The molecule has 0 heterocycles. The summed E-state index contributed by atoms with van der Waals surface area (Å²) in [4.78, 5) is 11.2. The Bertz CT molecular complexity index is 1460. The van der Waals surface area contributed by atoms with Gasteiger partial charge in [0.2, 0.25) is 0 Å². The molecule has 6 rings (SSSR count). The summed E-state index contributed by atoms with van der Waals surface area (Å²) in [5.41, 5.74) is 13.7. The Kier molecular flexibility index (Phi) is 7.28. The highest BCUT2D eigenvalue weighted by molar-refractivity contribution is 5.87. The highest BCUT2D eigenvalue weighted by Gasteiger charge is 2.48. The van der Waals surface area contributed by atoms with Crippen molar-refractivity contribution < 1.29 is 15.0 Å². The molecule has 38 heavy (non-hydrogen) atoms. The molecular formula is C34H33NO3. The van der Waals surface area contributed by atoms with Crippen LogP contribution >= 0.6 is 0 Å². The van der Waals surface area contributed by atoms with Gasteiger partial charge in [-0.2, -0.15) is 0 Å². The number of fused-ring (bicyclic) bond motifs is 2. The Labute approximate surface area is 224 Å². The number of rotatable bonds is 5. The van der Waals surface area contributed by atoms with E-state index in [2.05, 4.69) is 36.4 Å².